The van der Waals surface area contributed by atoms with E-state index in [4.69, 9.17) is 5.26 Å². The summed E-state index contributed by atoms with van der Waals surface area (Å²) < 4.78 is 25.0. The van der Waals surface area contributed by atoms with Gasteiger partial charge in [-0.3, -0.25) is 0 Å². The minimum absolute atomic E-state index is 0.0850. The van der Waals surface area contributed by atoms with Crippen LogP contribution < -0.4 is 0 Å². The lowest BCUT2D eigenvalue weighted by Gasteiger charge is -2.15. The summed E-state index contributed by atoms with van der Waals surface area (Å²) in [6, 6.07) is 12.2. The quantitative estimate of drug-likeness (QED) is 0.905. The zero-order valence-corrected chi connectivity index (χ0v) is 14.9. The van der Waals surface area contributed by atoms with Crippen LogP contribution in [0.1, 0.15) is 39.5 Å². The first-order chi connectivity index (χ1) is 11.2. The van der Waals surface area contributed by atoms with Crippen LogP contribution in [0.15, 0.2) is 36.4 Å². The number of sulfone groups is 1. The summed E-state index contributed by atoms with van der Waals surface area (Å²) in [6.45, 7) is 5.79. The summed E-state index contributed by atoms with van der Waals surface area (Å²) >= 11 is 0. The third kappa shape index (κ3) is 4.44. The molecular weight excluding hydrogens is 322 g/mol. The Morgan fingerprint density at radius 2 is 1.62 bits per heavy atom. The molecule has 0 saturated carbocycles. The number of rotatable bonds is 5. The van der Waals surface area contributed by atoms with Crippen molar-refractivity contribution in [2.75, 3.05) is 5.75 Å². The molecule has 0 aliphatic carbocycles. The number of nitriles is 1. The van der Waals surface area contributed by atoms with E-state index < -0.39 is 15.9 Å². The van der Waals surface area contributed by atoms with Gasteiger partial charge in [-0.1, -0.05) is 29.8 Å². The molecule has 0 radical (unpaired) electrons. The SMILES string of the molecule is Cc1cc(C)c(CS(=O)(=O)CC(O)c2ccc(C#N)cc2)c(C)c1. The van der Waals surface area contributed by atoms with Crippen molar-refractivity contribution in [3.63, 3.8) is 0 Å². The van der Waals surface area contributed by atoms with E-state index in [2.05, 4.69) is 0 Å². The lowest BCUT2D eigenvalue weighted by Crippen LogP contribution is -2.17. The highest BCUT2D eigenvalue weighted by molar-refractivity contribution is 7.90. The largest absolute Gasteiger partial charge is 0.387 e. The van der Waals surface area contributed by atoms with Gasteiger partial charge in [-0.25, -0.2) is 8.42 Å². The molecular formula is C19H21NO3S. The monoisotopic (exact) mass is 343 g/mol. The number of aryl methyl sites for hydroxylation is 3. The smallest absolute Gasteiger partial charge is 0.157 e. The van der Waals surface area contributed by atoms with Crippen molar-refractivity contribution < 1.29 is 13.5 Å². The molecule has 126 valence electrons. The van der Waals surface area contributed by atoms with Crippen LogP contribution in [0.4, 0.5) is 0 Å². The fourth-order valence-corrected chi connectivity index (χ4v) is 4.52. The first-order valence-electron chi connectivity index (χ1n) is 7.67. The van der Waals surface area contributed by atoms with Gasteiger partial charge in [-0.2, -0.15) is 5.26 Å². The first-order valence-corrected chi connectivity index (χ1v) is 9.49. The van der Waals surface area contributed by atoms with Gasteiger partial charge in [0, 0.05) is 0 Å². The zero-order chi connectivity index (χ0) is 17.9. The van der Waals surface area contributed by atoms with Gasteiger partial charge in [0.15, 0.2) is 9.84 Å². The Kier molecular flexibility index (Phi) is 5.43. The van der Waals surface area contributed by atoms with Gasteiger partial charge in [0.1, 0.15) is 0 Å². The Labute approximate surface area is 143 Å². The summed E-state index contributed by atoms with van der Waals surface area (Å²) in [6.07, 6.45) is -1.10. The van der Waals surface area contributed by atoms with Gasteiger partial charge in [-0.15, -0.1) is 0 Å². The highest BCUT2D eigenvalue weighted by Crippen LogP contribution is 2.22. The highest BCUT2D eigenvalue weighted by Gasteiger charge is 2.21. The molecule has 2 rings (SSSR count). The van der Waals surface area contributed by atoms with Crippen LogP contribution in [0.3, 0.4) is 0 Å². The third-order valence-corrected chi connectivity index (χ3v) is 5.59. The van der Waals surface area contributed by atoms with Gasteiger partial charge in [0.2, 0.25) is 0 Å². The number of nitrogens with zero attached hydrogens (tertiary/aromatic N) is 1. The van der Waals surface area contributed by atoms with Gasteiger partial charge >= 0.3 is 0 Å². The highest BCUT2D eigenvalue weighted by atomic mass is 32.2. The van der Waals surface area contributed by atoms with Crippen molar-refractivity contribution in [1.29, 1.82) is 5.26 Å². The van der Waals surface area contributed by atoms with Crippen LogP contribution in [0.2, 0.25) is 0 Å². The van der Waals surface area contributed by atoms with Crippen molar-refractivity contribution in [2.45, 2.75) is 32.6 Å². The van der Waals surface area contributed by atoms with E-state index in [1.54, 1.807) is 24.3 Å². The van der Waals surface area contributed by atoms with Crippen LogP contribution in [-0.4, -0.2) is 19.3 Å². The summed E-state index contributed by atoms with van der Waals surface area (Å²) in [5, 5.41) is 19.0. The molecule has 1 atom stereocenters. The van der Waals surface area contributed by atoms with E-state index in [-0.39, 0.29) is 11.5 Å². The first kappa shape index (κ1) is 18.2. The van der Waals surface area contributed by atoms with Gasteiger partial charge in [0.25, 0.3) is 0 Å². The average molecular weight is 343 g/mol. The van der Waals surface area contributed by atoms with E-state index in [1.165, 1.54) is 0 Å². The lowest BCUT2D eigenvalue weighted by atomic mass is 10.0. The maximum absolute atomic E-state index is 12.5. The summed E-state index contributed by atoms with van der Waals surface area (Å²) in [4.78, 5) is 0. The molecule has 0 bridgehead atoms. The molecule has 1 N–H and O–H groups in total. The van der Waals surface area contributed by atoms with Gasteiger partial charge in [-0.05, 0) is 55.2 Å². The van der Waals surface area contributed by atoms with Crippen molar-refractivity contribution in [3.8, 4) is 6.07 Å². The van der Waals surface area contributed by atoms with Crippen molar-refractivity contribution in [2.24, 2.45) is 0 Å². The second kappa shape index (κ2) is 7.16. The van der Waals surface area contributed by atoms with Crippen LogP contribution in [-0.2, 0) is 15.6 Å². The van der Waals surface area contributed by atoms with Crippen LogP contribution in [0, 0.1) is 32.1 Å². The Balaban J connectivity index is 2.18. The molecule has 0 saturated heterocycles. The number of aliphatic hydroxyl groups excluding tert-OH is 1. The van der Waals surface area contributed by atoms with Crippen LogP contribution in [0.25, 0.3) is 0 Å². The van der Waals surface area contributed by atoms with E-state index in [9.17, 15) is 13.5 Å². The third-order valence-electron chi connectivity index (χ3n) is 4.04. The summed E-state index contributed by atoms with van der Waals surface area (Å²) in [7, 11) is -3.47. The molecule has 0 fully saturated rings. The van der Waals surface area contributed by atoms with Gasteiger partial charge < -0.3 is 5.11 Å². The van der Waals surface area contributed by atoms with Crippen molar-refractivity contribution in [1.82, 2.24) is 0 Å². The standard InChI is InChI=1S/C19H21NO3S/c1-13-8-14(2)18(15(3)9-13)11-24(22,23)12-19(21)17-6-4-16(10-20)5-7-17/h4-9,19,21H,11-12H2,1-3H3. The molecule has 0 aliphatic heterocycles. The normalized spacial score (nSPS) is 12.6. The lowest BCUT2D eigenvalue weighted by molar-refractivity contribution is 0.201. The molecule has 0 heterocycles. The fourth-order valence-electron chi connectivity index (χ4n) is 2.83. The number of benzene rings is 2. The minimum Gasteiger partial charge on any atom is -0.387 e. The number of hydrogen-bond donors (Lipinski definition) is 1. The minimum atomic E-state index is -3.47. The average Bonchev–Trinajstić information content (AvgIpc) is 2.50. The molecule has 0 aromatic heterocycles. The molecule has 2 aromatic carbocycles. The predicted octanol–water partition coefficient (Wildman–Crippen LogP) is 3.13. The Bertz CT molecular complexity index is 855. The molecule has 4 nitrogen and oxygen atoms in total. The summed E-state index contributed by atoms with van der Waals surface area (Å²) in [5.74, 6) is -0.427. The predicted molar refractivity (Wildman–Crippen MR) is 94.3 cm³/mol. The van der Waals surface area contributed by atoms with E-state index in [0.29, 0.717) is 11.1 Å². The van der Waals surface area contributed by atoms with E-state index >= 15 is 0 Å². The maximum atomic E-state index is 12.5. The molecule has 1 unspecified atom stereocenters. The second-order valence-corrected chi connectivity index (χ2v) is 8.29. The fraction of sp³-hybridized carbons (Fsp3) is 0.316. The van der Waals surface area contributed by atoms with E-state index in [1.807, 2.05) is 39.0 Å². The maximum Gasteiger partial charge on any atom is 0.157 e. The van der Waals surface area contributed by atoms with Crippen LogP contribution in [0.5, 0.6) is 0 Å². The Morgan fingerprint density at radius 3 is 2.12 bits per heavy atom. The van der Waals surface area contributed by atoms with Crippen molar-refractivity contribution in [3.05, 3.63) is 69.8 Å². The molecule has 5 heteroatoms. The number of aliphatic hydroxyl groups is 1. The molecule has 24 heavy (non-hydrogen) atoms. The zero-order valence-electron chi connectivity index (χ0n) is 14.1. The Morgan fingerprint density at radius 1 is 1.08 bits per heavy atom. The van der Waals surface area contributed by atoms with Crippen molar-refractivity contribution >= 4 is 9.84 Å². The Hall–Kier alpha value is -2.16. The van der Waals surface area contributed by atoms with E-state index in [0.717, 1.165) is 22.3 Å². The molecule has 0 aliphatic rings. The van der Waals surface area contributed by atoms with Gasteiger partial charge in [0.05, 0.1) is 29.2 Å². The topological polar surface area (TPSA) is 78.2 Å². The van der Waals surface area contributed by atoms with Crippen LogP contribution >= 0.6 is 0 Å². The number of hydrogen-bond acceptors (Lipinski definition) is 4. The second-order valence-electron chi connectivity index (χ2n) is 6.18. The molecule has 0 spiro atoms. The molecule has 2 aromatic rings. The molecule has 0 amide bonds. The summed E-state index contributed by atoms with van der Waals surface area (Å²) in [5.41, 5.74) is 4.76.